The molecule has 1 aromatic rings. The van der Waals surface area contributed by atoms with Gasteiger partial charge in [-0.05, 0) is 37.6 Å². The van der Waals surface area contributed by atoms with Gasteiger partial charge in [0, 0.05) is 17.8 Å². The summed E-state index contributed by atoms with van der Waals surface area (Å²) < 4.78 is -0.0316. The third kappa shape index (κ3) is 1.82. The molecule has 0 saturated heterocycles. The third-order valence-corrected chi connectivity index (χ3v) is 3.05. The lowest BCUT2D eigenvalue weighted by molar-refractivity contribution is 0.353. The van der Waals surface area contributed by atoms with E-state index in [1.165, 1.54) is 16.7 Å². The average molecular weight is 207 g/mol. The molecule has 1 heterocycles. The van der Waals surface area contributed by atoms with Crippen molar-refractivity contribution < 1.29 is 0 Å². The predicted octanol–water partition coefficient (Wildman–Crippen LogP) is 2.80. The minimum Gasteiger partial charge on any atom is -0.298 e. The summed E-state index contributed by atoms with van der Waals surface area (Å²) in [5.74, 6) is 0. The molecule has 0 spiro atoms. The highest BCUT2D eigenvalue weighted by molar-refractivity contribution is 7.81. The van der Waals surface area contributed by atoms with Gasteiger partial charge in [-0.3, -0.25) is 4.90 Å². The van der Waals surface area contributed by atoms with Crippen LogP contribution in [0.15, 0.2) is 18.2 Å². The Morgan fingerprint density at radius 1 is 1.21 bits per heavy atom. The summed E-state index contributed by atoms with van der Waals surface area (Å²) in [6.45, 7) is 6.43. The Kier molecular flexibility index (Phi) is 2.36. The van der Waals surface area contributed by atoms with Crippen LogP contribution in [0.2, 0.25) is 0 Å². The van der Waals surface area contributed by atoms with E-state index in [1.54, 1.807) is 0 Å². The number of benzene rings is 1. The molecule has 0 amide bonds. The first kappa shape index (κ1) is 10.1. The molecule has 2 rings (SSSR count). The second kappa shape index (κ2) is 3.28. The van der Waals surface area contributed by atoms with Crippen LogP contribution in [0.1, 0.15) is 30.5 Å². The Morgan fingerprint density at radius 2 is 1.86 bits per heavy atom. The van der Waals surface area contributed by atoms with Crippen molar-refractivity contribution in [3.8, 4) is 0 Å². The monoisotopic (exact) mass is 207 g/mol. The lowest BCUT2D eigenvalue weighted by atomic mass is 9.98. The van der Waals surface area contributed by atoms with E-state index in [1.807, 2.05) is 0 Å². The highest BCUT2D eigenvalue weighted by atomic mass is 32.1. The van der Waals surface area contributed by atoms with Crippen molar-refractivity contribution in [2.45, 2.75) is 31.7 Å². The van der Waals surface area contributed by atoms with Crippen LogP contribution in [0.3, 0.4) is 0 Å². The molecule has 0 N–H and O–H groups in total. The molecule has 2 heteroatoms. The zero-order chi connectivity index (χ0) is 10.3. The molecule has 0 aromatic heterocycles. The van der Waals surface area contributed by atoms with Gasteiger partial charge in [-0.15, -0.1) is 0 Å². The lowest BCUT2D eigenvalue weighted by Crippen LogP contribution is -2.08. The van der Waals surface area contributed by atoms with Gasteiger partial charge in [-0.25, -0.2) is 0 Å². The van der Waals surface area contributed by atoms with Crippen molar-refractivity contribution in [1.29, 1.82) is 0 Å². The fourth-order valence-electron chi connectivity index (χ4n) is 1.95. The van der Waals surface area contributed by atoms with Gasteiger partial charge in [0.05, 0.1) is 0 Å². The number of thiol groups is 1. The Bertz CT molecular complexity index is 352. The van der Waals surface area contributed by atoms with Crippen LogP contribution in [0.5, 0.6) is 0 Å². The molecule has 14 heavy (non-hydrogen) atoms. The van der Waals surface area contributed by atoms with E-state index in [0.29, 0.717) is 0 Å². The van der Waals surface area contributed by atoms with Crippen LogP contribution in [0, 0.1) is 0 Å². The van der Waals surface area contributed by atoms with Crippen LogP contribution in [0.4, 0.5) is 0 Å². The van der Waals surface area contributed by atoms with Gasteiger partial charge in [0.25, 0.3) is 0 Å². The molecule has 0 bridgehead atoms. The number of hydrogen-bond acceptors (Lipinski definition) is 2. The first-order chi connectivity index (χ1) is 6.47. The minimum absolute atomic E-state index is 0.0316. The number of fused-ring (bicyclic) bond motifs is 1. The van der Waals surface area contributed by atoms with Crippen molar-refractivity contribution in [3.63, 3.8) is 0 Å². The van der Waals surface area contributed by atoms with Crippen LogP contribution >= 0.6 is 12.6 Å². The molecular weight excluding hydrogens is 190 g/mol. The summed E-state index contributed by atoms with van der Waals surface area (Å²) in [6.07, 6.45) is 0. The minimum atomic E-state index is -0.0316. The van der Waals surface area contributed by atoms with E-state index in [9.17, 15) is 0 Å². The van der Waals surface area contributed by atoms with Crippen LogP contribution in [-0.4, -0.2) is 11.9 Å². The molecular formula is C12H17NS. The highest BCUT2D eigenvalue weighted by Crippen LogP contribution is 2.31. The van der Waals surface area contributed by atoms with Crippen LogP contribution < -0.4 is 0 Å². The maximum atomic E-state index is 4.59. The summed E-state index contributed by atoms with van der Waals surface area (Å²) in [7, 11) is 2.16. The highest BCUT2D eigenvalue weighted by Gasteiger charge is 2.20. The summed E-state index contributed by atoms with van der Waals surface area (Å²) in [6, 6.07) is 6.74. The van der Waals surface area contributed by atoms with Gasteiger partial charge in [0.15, 0.2) is 0 Å². The fourth-order valence-corrected chi connectivity index (χ4v) is 2.08. The first-order valence-corrected chi connectivity index (χ1v) is 5.45. The smallest absolute Gasteiger partial charge is 0.0322 e. The maximum absolute atomic E-state index is 4.59. The molecule has 76 valence electrons. The van der Waals surface area contributed by atoms with E-state index in [-0.39, 0.29) is 4.75 Å². The average Bonchev–Trinajstić information content (AvgIpc) is 2.41. The van der Waals surface area contributed by atoms with E-state index < -0.39 is 0 Å². The largest absolute Gasteiger partial charge is 0.298 e. The van der Waals surface area contributed by atoms with Crippen molar-refractivity contribution >= 4 is 12.6 Å². The zero-order valence-electron chi connectivity index (χ0n) is 9.04. The second-order valence-corrected chi connectivity index (χ2v) is 5.83. The molecule has 1 nitrogen and oxygen atoms in total. The van der Waals surface area contributed by atoms with E-state index in [2.05, 4.69) is 56.6 Å². The Hall–Kier alpha value is -0.470. The van der Waals surface area contributed by atoms with E-state index in [0.717, 1.165) is 13.1 Å². The van der Waals surface area contributed by atoms with Crippen molar-refractivity contribution in [1.82, 2.24) is 4.90 Å². The summed E-state index contributed by atoms with van der Waals surface area (Å²) in [5.41, 5.74) is 4.25. The van der Waals surface area contributed by atoms with Crippen molar-refractivity contribution in [2.24, 2.45) is 0 Å². The molecule has 0 unspecified atom stereocenters. The van der Waals surface area contributed by atoms with Crippen LogP contribution in [0.25, 0.3) is 0 Å². The molecule has 0 fully saturated rings. The molecule has 0 radical (unpaired) electrons. The Balaban J connectivity index is 2.38. The van der Waals surface area contributed by atoms with Gasteiger partial charge in [-0.1, -0.05) is 18.2 Å². The van der Waals surface area contributed by atoms with Gasteiger partial charge in [0.2, 0.25) is 0 Å². The van der Waals surface area contributed by atoms with E-state index >= 15 is 0 Å². The molecule has 1 aliphatic heterocycles. The van der Waals surface area contributed by atoms with Gasteiger partial charge < -0.3 is 0 Å². The fraction of sp³-hybridized carbons (Fsp3) is 0.500. The summed E-state index contributed by atoms with van der Waals surface area (Å²) >= 11 is 4.59. The Labute approximate surface area is 91.5 Å². The van der Waals surface area contributed by atoms with Crippen molar-refractivity contribution in [3.05, 3.63) is 34.9 Å². The topological polar surface area (TPSA) is 3.24 Å². The molecule has 0 aliphatic carbocycles. The first-order valence-electron chi connectivity index (χ1n) is 5.00. The molecule has 1 aliphatic rings. The lowest BCUT2D eigenvalue weighted by Gasteiger charge is -2.18. The summed E-state index contributed by atoms with van der Waals surface area (Å²) in [4.78, 5) is 2.33. The van der Waals surface area contributed by atoms with Crippen LogP contribution in [-0.2, 0) is 17.8 Å². The zero-order valence-corrected chi connectivity index (χ0v) is 9.94. The van der Waals surface area contributed by atoms with Gasteiger partial charge >= 0.3 is 0 Å². The number of rotatable bonds is 1. The normalized spacial score (nSPS) is 17.1. The van der Waals surface area contributed by atoms with Gasteiger partial charge in [-0.2, -0.15) is 12.6 Å². The quantitative estimate of drug-likeness (QED) is 0.693. The van der Waals surface area contributed by atoms with E-state index in [4.69, 9.17) is 0 Å². The van der Waals surface area contributed by atoms with Gasteiger partial charge in [0.1, 0.15) is 0 Å². The third-order valence-electron chi connectivity index (χ3n) is 2.79. The standard InChI is InChI=1S/C12H17NS/c1-12(2,14)11-5-4-9-7-13(3)8-10(9)6-11/h4-6,14H,7-8H2,1-3H3. The molecule has 0 atom stereocenters. The molecule has 0 saturated carbocycles. The molecule has 1 aromatic carbocycles. The summed E-state index contributed by atoms with van der Waals surface area (Å²) in [5, 5.41) is 0. The Morgan fingerprint density at radius 3 is 2.50 bits per heavy atom. The maximum Gasteiger partial charge on any atom is 0.0322 e. The number of hydrogen-bond donors (Lipinski definition) is 1. The second-order valence-electron chi connectivity index (χ2n) is 4.71. The number of nitrogens with zero attached hydrogens (tertiary/aromatic N) is 1. The SMILES string of the molecule is CN1Cc2ccc(C(C)(C)S)cc2C1. The predicted molar refractivity (Wildman–Crippen MR) is 63.6 cm³/mol. The van der Waals surface area contributed by atoms with Crippen molar-refractivity contribution in [2.75, 3.05) is 7.05 Å².